The zero-order valence-corrected chi connectivity index (χ0v) is 9.04. The molecule has 1 aliphatic rings. The van der Waals surface area contributed by atoms with Crippen LogP contribution in [-0.2, 0) is 4.74 Å². The molecule has 0 aliphatic heterocycles. The van der Waals surface area contributed by atoms with E-state index in [1.165, 1.54) is 24.3 Å². The van der Waals surface area contributed by atoms with Gasteiger partial charge in [-0.05, 0) is 12.1 Å². The van der Waals surface area contributed by atoms with Crippen LogP contribution in [-0.4, -0.2) is 17.0 Å². The molecule has 5 heteroatoms. The quantitative estimate of drug-likeness (QED) is 0.348. The number of carbonyl (C=O) groups excluding carboxylic acids is 1. The summed E-state index contributed by atoms with van der Waals surface area (Å²) in [5.41, 5.74) is 0.298. The Morgan fingerprint density at radius 3 is 2.35 bits per heavy atom. The molecule has 0 atom stereocenters. The molecule has 0 bridgehead atoms. The summed E-state index contributed by atoms with van der Waals surface area (Å²) in [6.07, 6.45) is 5.30. The molecule has 0 aromatic heterocycles. The first kappa shape index (κ1) is 11.3. The SMILES string of the molecule is O=C(OC1CC=CC1)c1ccc([N+](=O)[O-])cc1. The second-order valence-corrected chi connectivity index (χ2v) is 3.77. The molecule has 0 spiro atoms. The molecule has 0 radical (unpaired) electrons. The van der Waals surface area contributed by atoms with E-state index in [2.05, 4.69) is 0 Å². The minimum Gasteiger partial charge on any atom is -0.458 e. The fraction of sp³-hybridized carbons (Fsp3) is 0.250. The van der Waals surface area contributed by atoms with E-state index in [0.29, 0.717) is 5.56 Å². The Morgan fingerprint density at radius 1 is 1.24 bits per heavy atom. The van der Waals surface area contributed by atoms with Crippen molar-refractivity contribution in [3.63, 3.8) is 0 Å². The van der Waals surface area contributed by atoms with E-state index < -0.39 is 10.9 Å². The lowest BCUT2D eigenvalue weighted by Crippen LogP contribution is -2.15. The van der Waals surface area contributed by atoms with Gasteiger partial charge in [0, 0.05) is 25.0 Å². The van der Waals surface area contributed by atoms with Crippen molar-refractivity contribution in [3.8, 4) is 0 Å². The minimum atomic E-state index is -0.504. The second kappa shape index (κ2) is 4.78. The maximum atomic E-state index is 11.7. The van der Waals surface area contributed by atoms with E-state index in [9.17, 15) is 14.9 Å². The highest BCUT2D eigenvalue weighted by molar-refractivity contribution is 5.89. The van der Waals surface area contributed by atoms with Crippen LogP contribution in [0.1, 0.15) is 23.2 Å². The Hall–Kier alpha value is -2.17. The number of non-ortho nitro benzene ring substituents is 1. The van der Waals surface area contributed by atoms with Crippen molar-refractivity contribution in [2.75, 3.05) is 0 Å². The lowest BCUT2D eigenvalue weighted by Gasteiger charge is -2.10. The summed E-state index contributed by atoms with van der Waals surface area (Å²) < 4.78 is 5.23. The molecular weight excluding hydrogens is 222 g/mol. The largest absolute Gasteiger partial charge is 0.458 e. The summed E-state index contributed by atoms with van der Waals surface area (Å²) in [6.45, 7) is 0. The molecule has 0 saturated heterocycles. The van der Waals surface area contributed by atoms with E-state index >= 15 is 0 Å². The Labute approximate surface area is 97.9 Å². The molecule has 88 valence electrons. The molecule has 0 fully saturated rings. The Balaban J connectivity index is 2.01. The van der Waals surface area contributed by atoms with Gasteiger partial charge in [-0.25, -0.2) is 4.79 Å². The van der Waals surface area contributed by atoms with Gasteiger partial charge < -0.3 is 4.74 Å². The van der Waals surface area contributed by atoms with Crippen molar-refractivity contribution in [1.29, 1.82) is 0 Å². The van der Waals surface area contributed by atoms with Crippen molar-refractivity contribution in [2.45, 2.75) is 18.9 Å². The molecule has 0 saturated carbocycles. The van der Waals surface area contributed by atoms with E-state index in [1.54, 1.807) is 0 Å². The maximum Gasteiger partial charge on any atom is 0.338 e. The number of nitro groups is 1. The molecule has 17 heavy (non-hydrogen) atoms. The predicted molar refractivity (Wildman–Crippen MR) is 60.7 cm³/mol. The van der Waals surface area contributed by atoms with Gasteiger partial charge in [0.05, 0.1) is 10.5 Å². The number of ether oxygens (including phenoxy) is 1. The minimum absolute atomic E-state index is 0.0379. The van der Waals surface area contributed by atoms with Crippen LogP contribution in [0.5, 0.6) is 0 Å². The summed E-state index contributed by atoms with van der Waals surface area (Å²) in [5.74, 6) is -0.436. The first-order chi connectivity index (χ1) is 8.16. The van der Waals surface area contributed by atoms with Crippen molar-refractivity contribution in [1.82, 2.24) is 0 Å². The van der Waals surface area contributed by atoms with Gasteiger partial charge in [0.1, 0.15) is 6.10 Å². The third kappa shape index (κ3) is 2.69. The van der Waals surface area contributed by atoms with Crippen molar-refractivity contribution in [3.05, 3.63) is 52.1 Å². The third-order valence-corrected chi connectivity index (χ3v) is 2.55. The number of nitro benzene ring substituents is 1. The lowest BCUT2D eigenvalue weighted by atomic mass is 10.2. The van der Waals surface area contributed by atoms with Crippen LogP contribution in [0.2, 0.25) is 0 Å². The van der Waals surface area contributed by atoms with E-state index in [-0.39, 0.29) is 11.8 Å². The van der Waals surface area contributed by atoms with Crippen LogP contribution in [0.15, 0.2) is 36.4 Å². The van der Waals surface area contributed by atoms with Gasteiger partial charge in [0.2, 0.25) is 0 Å². The number of esters is 1. The standard InChI is InChI=1S/C12H11NO4/c14-12(17-11-3-1-2-4-11)9-5-7-10(8-6-9)13(15)16/h1-2,5-8,11H,3-4H2. The summed E-state index contributed by atoms with van der Waals surface area (Å²) in [4.78, 5) is 21.6. The number of benzene rings is 1. The molecule has 0 amide bonds. The zero-order valence-electron chi connectivity index (χ0n) is 9.04. The summed E-state index contributed by atoms with van der Waals surface area (Å²) in [7, 11) is 0. The first-order valence-corrected chi connectivity index (χ1v) is 5.27. The Morgan fingerprint density at radius 2 is 1.82 bits per heavy atom. The normalized spacial score (nSPS) is 14.8. The van der Waals surface area contributed by atoms with E-state index in [4.69, 9.17) is 4.74 Å². The predicted octanol–water partition coefficient (Wildman–Crippen LogP) is 2.47. The number of hydrogen-bond donors (Lipinski definition) is 0. The summed E-state index contributed by atoms with van der Waals surface area (Å²) in [6, 6.07) is 5.40. The monoisotopic (exact) mass is 233 g/mol. The van der Waals surface area contributed by atoms with Gasteiger partial charge in [-0.3, -0.25) is 10.1 Å². The average Bonchev–Trinajstić information content (AvgIpc) is 2.82. The van der Waals surface area contributed by atoms with Crippen LogP contribution < -0.4 is 0 Å². The van der Waals surface area contributed by atoms with Gasteiger partial charge in [-0.2, -0.15) is 0 Å². The van der Waals surface area contributed by atoms with Gasteiger partial charge in [-0.15, -0.1) is 0 Å². The average molecular weight is 233 g/mol. The topological polar surface area (TPSA) is 69.4 Å². The molecular formula is C12H11NO4. The number of carbonyl (C=O) groups is 1. The molecule has 0 heterocycles. The molecule has 1 aliphatic carbocycles. The molecule has 0 N–H and O–H groups in total. The zero-order chi connectivity index (χ0) is 12.3. The van der Waals surface area contributed by atoms with Crippen molar-refractivity contribution < 1.29 is 14.5 Å². The van der Waals surface area contributed by atoms with Crippen LogP contribution in [0, 0.1) is 10.1 Å². The summed E-state index contributed by atoms with van der Waals surface area (Å²) >= 11 is 0. The van der Waals surface area contributed by atoms with Crippen LogP contribution in [0.25, 0.3) is 0 Å². The van der Waals surface area contributed by atoms with Crippen LogP contribution in [0.3, 0.4) is 0 Å². The molecule has 1 aromatic carbocycles. The first-order valence-electron chi connectivity index (χ1n) is 5.27. The van der Waals surface area contributed by atoms with Crippen LogP contribution in [0.4, 0.5) is 5.69 Å². The highest BCUT2D eigenvalue weighted by atomic mass is 16.6. The molecule has 5 nitrogen and oxygen atoms in total. The van der Waals surface area contributed by atoms with Gasteiger partial charge in [0.25, 0.3) is 5.69 Å². The highest BCUT2D eigenvalue weighted by Gasteiger charge is 2.17. The second-order valence-electron chi connectivity index (χ2n) is 3.77. The van der Waals surface area contributed by atoms with Gasteiger partial charge >= 0.3 is 5.97 Å². The van der Waals surface area contributed by atoms with E-state index in [1.807, 2.05) is 12.2 Å². The smallest absolute Gasteiger partial charge is 0.338 e. The Bertz CT molecular complexity index is 456. The van der Waals surface area contributed by atoms with Crippen molar-refractivity contribution >= 4 is 11.7 Å². The fourth-order valence-corrected chi connectivity index (χ4v) is 1.63. The van der Waals surface area contributed by atoms with Gasteiger partial charge in [-0.1, -0.05) is 12.2 Å². The van der Waals surface area contributed by atoms with E-state index in [0.717, 1.165) is 12.8 Å². The van der Waals surface area contributed by atoms with Gasteiger partial charge in [0.15, 0.2) is 0 Å². The van der Waals surface area contributed by atoms with Crippen molar-refractivity contribution in [2.24, 2.45) is 0 Å². The number of nitrogens with zero attached hydrogens (tertiary/aromatic N) is 1. The lowest BCUT2D eigenvalue weighted by molar-refractivity contribution is -0.384. The van der Waals surface area contributed by atoms with Crippen LogP contribution >= 0.6 is 0 Å². The molecule has 0 unspecified atom stereocenters. The fourth-order valence-electron chi connectivity index (χ4n) is 1.63. The number of rotatable bonds is 3. The number of hydrogen-bond acceptors (Lipinski definition) is 4. The molecule has 1 aromatic rings. The maximum absolute atomic E-state index is 11.7. The molecule has 2 rings (SSSR count). The Kier molecular flexibility index (Phi) is 3.18. The third-order valence-electron chi connectivity index (χ3n) is 2.55. The summed E-state index contributed by atoms with van der Waals surface area (Å²) in [5, 5.41) is 10.4. The highest BCUT2D eigenvalue weighted by Crippen LogP contribution is 2.17.